The van der Waals surface area contributed by atoms with E-state index in [2.05, 4.69) is 30.9 Å². The lowest BCUT2D eigenvalue weighted by atomic mass is 9.97. The SMILES string of the molecule is CCC1CCCC(NCC2(C)CCCS2)CC1. The van der Waals surface area contributed by atoms with Crippen LogP contribution in [-0.4, -0.2) is 23.1 Å². The molecule has 0 spiro atoms. The highest BCUT2D eigenvalue weighted by molar-refractivity contribution is 8.00. The second-order valence-electron chi connectivity index (χ2n) is 6.26. The molecule has 0 aromatic heterocycles. The van der Waals surface area contributed by atoms with Crippen molar-refractivity contribution < 1.29 is 0 Å². The van der Waals surface area contributed by atoms with Gasteiger partial charge in [-0.05, 0) is 50.7 Å². The lowest BCUT2D eigenvalue weighted by Crippen LogP contribution is -2.39. The van der Waals surface area contributed by atoms with E-state index >= 15 is 0 Å². The first-order valence-corrected chi connectivity index (χ1v) is 8.58. The summed E-state index contributed by atoms with van der Waals surface area (Å²) in [5.41, 5.74) is 0. The van der Waals surface area contributed by atoms with Crippen LogP contribution in [0.1, 0.15) is 65.2 Å². The summed E-state index contributed by atoms with van der Waals surface area (Å²) in [4.78, 5) is 0. The molecule has 1 aliphatic heterocycles. The first-order chi connectivity index (χ1) is 8.22. The van der Waals surface area contributed by atoms with Crippen molar-refractivity contribution >= 4 is 11.8 Å². The van der Waals surface area contributed by atoms with Crippen LogP contribution in [0.25, 0.3) is 0 Å². The summed E-state index contributed by atoms with van der Waals surface area (Å²) >= 11 is 2.18. The molecule has 0 bridgehead atoms. The normalized spacial score (nSPS) is 39.2. The van der Waals surface area contributed by atoms with Gasteiger partial charge in [0.05, 0.1) is 0 Å². The van der Waals surface area contributed by atoms with Gasteiger partial charge in [-0.3, -0.25) is 0 Å². The van der Waals surface area contributed by atoms with Crippen molar-refractivity contribution in [2.24, 2.45) is 5.92 Å². The molecule has 1 aliphatic carbocycles. The molecule has 100 valence electrons. The Balaban J connectivity index is 1.71. The Hall–Kier alpha value is 0.310. The van der Waals surface area contributed by atoms with E-state index in [1.807, 2.05) is 0 Å². The third-order valence-corrected chi connectivity index (χ3v) is 6.27. The van der Waals surface area contributed by atoms with Crippen LogP contribution in [0.2, 0.25) is 0 Å². The Morgan fingerprint density at radius 2 is 2.06 bits per heavy atom. The molecule has 1 saturated carbocycles. The standard InChI is InChI=1S/C15H29NS/c1-3-13-6-4-7-14(9-8-13)16-12-15(2)10-5-11-17-15/h13-14,16H,3-12H2,1-2H3. The molecule has 0 aromatic carbocycles. The van der Waals surface area contributed by atoms with Crippen LogP contribution >= 0.6 is 11.8 Å². The average molecular weight is 255 g/mol. The number of hydrogen-bond donors (Lipinski definition) is 1. The zero-order valence-corrected chi connectivity index (χ0v) is 12.5. The van der Waals surface area contributed by atoms with Gasteiger partial charge in [-0.1, -0.05) is 26.2 Å². The predicted molar refractivity (Wildman–Crippen MR) is 78.8 cm³/mol. The van der Waals surface area contributed by atoms with E-state index in [9.17, 15) is 0 Å². The van der Waals surface area contributed by atoms with Gasteiger partial charge in [-0.2, -0.15) is 11.8 Å². The highest BCUT2D eigenvalue weighted by atomic mass is 32.2. The molecule has 3 atom stereocenters. The lowest BCUT2D eigenvalue weighted by molar-refractivity contribution is 0.409. The zero-order chi connectivity index (χ0) is 12.1. The maximum atomic E-state index is 3.87. The van der Waals surface area contributed by atoms with Gasteiger partial charge in [0.1, 0.15) is 0 Å². The molecular weight excluding hydrogens is 226 g/mol. The van der Waals surface area contributed by atoms with E-state index in [1.54, 1.807) is 0 Å². The quantitative estimate of drug-likeness (QED) is 0.755. The number of rotatable bonds is 4. The Bertz CT molecular complexity index is 223. The van der Waals surface area contributed by atoms with Gasteiger partial charge >= 0.3 is 0 Å². The van der Waals surface area contributed by atoms with E-state index in [4.69, 9.17) is 0 Å². The molecule has 1 saturated heterocycles. The van der Waals surface area contributed by atoms with E-state index < -0.39 is 0 Å². The molecule has 2 heteroatoms. The van der Waals surface area contributed by atoms with Crippen LogP contribution in [0.3, 0.4) is 0 Å². The van der Waals surface area contributed by atoms with Crippen LogP contribution in [0.5, 0.6) is 0 Å². The van der Waals surface area contributed by atoms with Gasteiger partial charge in [-0.15, -0.1) is 0 Å². The molecule has 3 unspecified atom stereocenters. The van der Waals surface area contributed by atoms with Gasteiger partial charge in [0.2, 0.25) is 0 Å². The third kappa shape index (κ3) is 4.17. The first-order valence-electron chi connectivity index (χ1n) is 7.59. The van der Waals surface area contributed by atoms with Crippen LogP contribution in [0, 0.1) is 5.92 Å². The summed E-state index contributed by atoms with van der Waals surface area (Å²) in [6.07, 6.45) is 11.4. The summed E-state index contributed by atoms with van der Waals surface area (Å²) in [7, 11) is 0. The lowest BCUT2D eigenvalue weighted by Gasteiger charge is -2.26. The van der Waals surface area contributed by atoms with Crippen molar-refractivity contribution in [2.45, 2.75) is 76.0 Å². The van der Waals surface area contributed by atoms with Gasteiger partial charge < -0.3 is 5.32 Å². The molecule has 1 heterocycles. The van der Waals surface area contributed by atoms with Crippen molar-refractivity contribution in [3.05, 3.63) is 0 Å². The summed E-state index contributed by atoms with van der Waals surface area (Å²) in [5, 5.41) is 3.87. The second kappa shape index (κ2) is 6.47. The fraction of sp³-hybridized carbons (Fsp3) is 1.00. The number of thioether (sulfide) groups is 1. The summed E-state index contributed by atoms with van der Waals surface area (Å²) in [6, 6.07) is 0.810. The molecule has 17 heavy (non-hydrogen) atoms. The summed E-state index contributed by atoms with van der Waals surface area (Å²) in [5.74, 6) is 2.39. The Kier molecular flexibility index (Phi) is 5.23. The van der Waals surface area contributed by atoms with Crippen LogP contribution in [0.15, 0.2) is 0 Å². The van der Waals surface area contributed by atoms with Crippen LogP contribution in [-0.2, 0) is 0 Å². The van der Waals surface area contributed by atoms with Crippen molar-refractivity contribution in [1.29, 1.82) is 0 Å². The van der Waals surface area contributed by atoms with Crippen molar-refractivity contribution in [3.8, 4) is 0 Å². The van der Waals surface area contributed by atoms with Crippen molar-refractivity contribution in [1.82, 2.24) is 5.32 Å². The van der Waals surface area contributed by atoms with E-state index in [-0.39, 0.29) is 0 Å². The highest BCUT2D eigenvalue weighted by Gasteiger charge is 2.30. The highest BCUT2D eigenvalue weighted by Crippen LogP contribution is 2.37. The van der Waals surface area contributed by atoms with Crippen LogP contribution < -0.4 is 5.32 Å². The number of nitrogens with one attached hydrogen (secondary N) is 1. The Morgan fingerprint density at radius 1 is 1.18 bits per heavy atom. The molecule has 0 amide bonds. The molecular formula is C15H29NS. The molecule has 0 aromatic rings. The molecule has 1 N–H and O–H groups in total. The van der Waals surface area contributed by atoms with Crippen molar-refractivity contribution in [2.75, 3.05) is 12.3 Å². The minimum absolute atomic E-state index is 0.538. The van der Waals surface area contributed by atoms with Gasteiger partial charge in [-0.25, -0.2) is 0 Å². The maximum Gasteiger partial charge on any atom is 0.0256 e. The van der Waals surface area contributed by atoms with Gasteiger partial charge in [0.25, 0.3) is 0 Å². The molecule has 2 aliphatic rings. The largest absolute Gasteiger partial charge is 0.313 e. The van der Waals surface area contributed by atoms with Crippen LogP contribution in [0.4, 0.5) is 0 Å². The molecule has 1 nitrogen and oxygen atoms in total. The zero-order valence-electron chi connectivity index (χ0n) is 11.6. The van der Waals surface area contributed by atoms with E-state index in [1.165, 1.54) is 63.7 Å². The first kappa shape index (κ1) is 13.7. The monoisotopic (exact) mass is 255 g/mol. The minimum Gasteiger partial charge on any atom is -0.313 e. The smallest absolute Gasteiger partial charge is 0.0256 e. The summed E-state index contributed by atoms with van der Waals surface area (Å²) in [6.45, 7) is 6.04. The minimum atomic E-state index is 0.538. The second-order valence-corrected chi connectivity index (χ2v) is 7.94. The maximum absolute atomic E-state index is 3.87. The van der Waals surface area contributed by atoms with Crippen molar-refractivity contribution in [3.63, 3.8) is 0 Å². The molecule has 0 radical (unpaired) electrons. The van der Waals surface area contributed by atoms with E-state index in [0.29, 0.717) is 4.75 Å². The van der Waals surface area contributed by atoms with Gasteiger partial charge in [0.15, 0.2) is 0 Å². The fourth-order valence-electron chi connectivity index (χ4n) is 3.33. The Morgan fingerprint density at radius 3 is 2.76 bits per heavy atom. The van der Waals surface area contributed by atoms with E-state index in [0.717, 1.165) is 12.0 Å². The fourth-order valence-corrected chi connectivity index (χ4v) is 4.58. The average Bonchev–Trinajstić information content (AvgIpc) is 2.64. The van der Waals surface area contributed by atoms with Gasteiger partial charge in [0, 0.05) is 17.3 Å². The third-order valence-electron chi connectivity index (χ3n) is 4.73. The molecule has 2 fully saturated rings. The predicted octanol–water partition coefficient (Wildman–Crippen LogP) is 4.22. The molecule has 2 rings (SSSR count). The Labute approximate surface area is 112 Å². The number of hydrogen-bond acceptors (Lipinski definition) is 2. The summed E-state index contributed by atoms with van der Waals surface area (Å²) < 4.78 is 0.538. The topological polar surface area (TPSA) is 12.0 Å².